The summed E-state index contributed by atoms with van der Waals surface area (Å²) in [6.45, 7) is 10.6. The fraction of sp³-hybridized carbons (Fsp3) is 0.706. The summed E-state index contributed by atoms with van der Waals surface area (Å²) in [6, 6.07) is -0.359. The molecular formula is C17H28N4O2. The minimum absolute atomic E-state index is 0.0756. The molecule has 3 amide bonds. The summed E-state index contributed by atoms with van der Waals surface area (Å²) >= 11 is 0. The van der Waals surface area contributed by atoms with Gasteiger partial charge in [-0.3, -0.25) is 14.4 Å². The van der Waals surface area contributed by atoms with Crippen molar-refractivity contribution in [1.82, 2.24) is 20.0 Å². The minimum Gasteiger partial charge on any atom is -0.334 e. The highest BCUT2D eigenvalue weighted by Gasteiger charge is 2.37. The second-order valence-corrected chi connectivity index (χ2v) is 7.49. The van der Waals surface area contributed by atoms with Gasteiger partial charge in [0.05, 0.1) is 5.69 Å². The number of aromatic nitrogens is 2. The molecule has 1 N–H and O–H groups in total. The van der Waals surface area contributed by atoms with Crippen LogP contribution in [-0.2, 0) is 18.3 Å². The lowest BCUT2D eigenvalue weighted by molar-refractivity contribution is -0.131. The van der Waals surface area contributed by atoms with E-state index in [1.165, 1.54) is 10.5 Å². The van der Waals surface area contributed by atoms with Crippen LogP contribution in [-0.4, -0.2) is 39.2 Å². The van der Waals surface area contributed by atoms with Gasteiger partial charge in [0.25, 0.3) is 0 Å². The molecule has 0 bridgehead atoms. The third-order valence-corrected chi connectivity index (χ3v) is 4.74. The maximum atomic E-state index is 12.3. The van der Waals surface area contributed by atoms with Gasteiger partial charge in [-0.2, -0.15) is 5.10 Å². The third-order valence-electron chi connectivity index (χ3n) is 4.74. The molecule has 1 aliphatic rings. The van der Waals surface area contributed by atoms with Crippen LogP contribution in [0.15, 0.2) is 0 Å². The van der Waals surface area contributed by atoms with E-state index >= 15 is 0 Å². The number of carbonyl (C=O) groups excluding carboxylic acids is 2. The Morgan fingerprint density at radius 3 is 2.39 bits per heavy atom. The van der Waals surface area contributed by atoms with E-state index in [2.05, 4.69) is 10.4 Å². The van der Waals surface area contributed by atoms with Crippen LogP contribution in [0.2, 0.25) is 0 Å². The number of amides is 3. The van der Waals surface area contributed by atoms with E-state index in [0.29, 0.717) is 13.0 Å². The molecule has 2 heterocycles. The lowest BCUT2D eigenvalue weighted by atomic mass is 9.83. The molecule has 1 atom stereocenters. The van der Waals surface area contributed by atoms with Gasteiger partial charge in [-0.25, -0.2) is 4.79 Å². The van der Waals surface area contributed by atoms with Crippen molar-refractivity contribution in [2.45, 2.75) is 59.9 Å². The number of rotatable bonds is 4. The normalized spacial score (nSPS) is 19.2. The zero-order valence-corrected chi connectivity index (χ0v) is 15.1. The molecule has 6 heteroatoms. The number of nitrogens with one attached hydrogen (secondary N) is 1. The highest BCUT2D eigenvalue weighted by Crippen LogP contribution is 2.25. The van der Waals surface area contributed by atoms with Crippen LogP contribution in [0.1, 0.15) is 50.6 Å². The SMILES string of the molecule is Cc1nn(C)c(C)c1CCCN1C(=O)C[C@@H](C(C)(C)C)NC1=O. The van der Waals surface area contributed by atoms with Crippen molar-refractivity contribution in [2.75, 3.05) is 6.54 Å². The number of hydrogen-bond donors (Lipinski definition) is 1. The molecule has 1 saturated heterocycles. The molecule has 1 aliphatic heterocycles. The van der Waals surface area contributed by atoms with Gasteiger partial charge in [0.15, 0.2) is 0 Å². The molecular weight excluding hydrogens is 292 g/mol. The quantitative estimate of drug-likeness (QED) is 0.926. The number of carbonyl (C=O) groups is 2. The van der Waals surface area contributed by atoms with Gasteiger partial charge >= 0.3 is 6.03 Å². The first kappa shape index (κ1) is 17.5. The fourth-order valence-corrected chi connectivity index (χ4v) is 3.02. The van der Waals surface area contributed by atoms with E-state index in [-0.39, 0.29) is 23.4 Å². The van der Waals surface area contributed by atoms with E-state index in [1.54, 1.807) is 0 Å². The molecule has 1 fully saturated rings. The Kier molecular flexibility index (Phi) is 4.82. The first-order valence-electron chi connectivity index (χ1n) is 8.21. The highest BCUT2D eigenvalue weighted by molar-refractivity contribution is 5.97. The van der Waals surface area contributed by atoms with Crippen molar-refractivity contribution in [1.29, 1.82) is 0 Å². The van der Waals surface area contributed by atoms with E-state index < -0.39 is 0 Å². The molecule has 1 aromatic rings. The van der Waals surface area contributed by atoms with Crippen molar-refractivity contribution >= 4 is 11.9 Å². The van der Waals surface area contributed by atoms with Gasteiger partial charge in [0.2, 0.25) is 5.91 Å². The van der Waals surface area contributed by atoms with Crippen LogP contribution in [0.4, 0.5) is 4.79 Å². The Hall–Kier alpha value is -1.85. The van der Waals surface area contributed by atoms with Gasteiger partial charge < -0.3 is 5.32 Å². The van der Waals surface area contributed by atoms with Crippen LogP contribution in [0.3, 0.4) is 0 Å². The van der Waals surface area contributed by atoms with E-state index in [9.17, 15) is 9.59 Å². The topological polar surface area (TPSA) is 67.2 Å². The molecule has 0 unspecified atom stereocenters. The maximum Gasteiger partial charge on any atom is 0.324 e. The molecule has 0 saturated carbocycles. The first-order valence-corrected chi connectivity index (χ1v) is 8.21. The predicted octanol–water partition coefficient (Wildman–Crippen LogP) is 2.33. The molecule has 0 radical (unpaired) electrons. The summed E-state index contributed by atoms with van der Waals surface area (Å²) in [5.74, 6) is -0.0756. The first-order chi connectivity index (χ1) is 10.6. The van der Waals surface area contributed by atoms with Crippen LogP contribution in [0.25, 0.3) is 0 Å². The van der Waals surface area contributed by atoms with E-state index in [1.807, 2.05) is 46.3 Å². The molecule has 1 aromatic heterocycles. The van der Waals surface area contributed by atoms with Crippen LogP contribution in [0, 0.1) is 19.3 Å². The lowest BCUT2D eigenvalue weighted by Crippen LogP contribution is -2.58. The third kappa shape index (κ3) is 3.74. The predicted molar refractivity (Wildman–Crippen MR) is 89.1 cm³/mol. The molecule has 0 spiro atoms. The molecule has 0 aromatic carbocycles. The highest BCUT2D eigenvalue weighted by atomic mass is 16.2. The summed E-state index contributed by atoms with van der Waals surface area (Å²) in [6.07, 6.45) is 1.96. The smallest absolute Gasteiger partial charge is 0.324 e. The van der Waals surface area contributed by atoms with Crippen LogP contribution >= 0.6 is 0 Å². The second-order valence-electron chi connectivity index (χ2n) is 7.49. The summed E-state index contributed by atoms with van der Waals surface area (Å²) in [5.41, 5.74) is 3.27. The Labute approximate surface area is 138 Å². The van der Waals surface area contributed by atoms with Crippen molar-refractivity contribution in [3.8, 4) is 0 Å². The van der Waals surface area contributed by atoms with Crippen molar-refractivity contribution in [3.05, 3.63) is 17.0 Å². The van der Waals surface area contributed by atoms with E-state index in [0.717, 1.165) is 24.2 Å². The van der Waals surface area contributed by atoms with Gasteiger partial charge in [0.1, 0.15) is 0 Å². The maximum absolute atomic E-state index is 12.3. The minimum atomic E-state index is -0.263. The Morgan fingerprint density at radius 1 is 1.26 bits per heavy atom. The molecule has 23 heavy (non-hydrogen) atoms. The Morgan fingerprint density at radius 2 is 1.91 bits per heavy atom. The van der Waals surface area contributed by atoms with Crippen molar-refractivity contribution in [3.63, 3.8) is 0 Å². The largest absolute Gasteiger partial charge is 0.334 e. The standard InChI is InChI=1S/C17H28N4O2/c1-11-13(12(2)20(6)19-11)8-7-9-21-15(22)10-14(17(3,4)5)18-16(21)23/h14H,7-10H2,1-6H3,(H,18,23)/t14-/m0/s1. The van der Waals surface area contributed by atoms with Gasteiger partial charge in [0, 0.05) is 31.7 Å². The van der Waals surface area contributed by atoms with Crippen LogP contribution in [0.5, 0.6) is 0 Å². The Balaban J connectivity index is 1.94. The van der Waals surface area contributed by atoms with Gasteiger partial charge in [-0.15, -0.1) is 0 Å². The summed E-state index contributed by atoms with van der Waals surface area (Å²) in [4.78, 5) is 25.9. The molecule has 6 nitrogen and oxygen atoms in total. The average Bonchev–Trinajstić information content (AvgIpc) is 2.66. The fourth-order valence-electron chi connectivity index (χ4n) is 3.02. The monoisotopic (exact) mass is 320 g/mol. The van der Waals surface area contributed by atoms with Crippen LogP contribution < -0.4 is 5.32 Å². The van der Waals surface area contributed by atoms with E-state index in [4.69, 9.17) is 0 Å². The number of aryl methyl sites for hydroxylation is 2. The average molecular weight is 320 g/mol. The molecule has 128 valence electrons. The summed E-state index contributed by atoms with van der Waals surface area (Å²) in [5, 5.41) is 7.36. The number of nitrogens with zero attached hydrogens (tertiary/aromatic N) is 3. The summed E-state index contributed by atoms with van der Waals surface area (Å²) in [7, 11) is 1.93. The number of urea groups is 1. The number of imide groups is 1. The zero-order chi connectivity index (χ0) is 17.4. The Bertz CT molecular complexity index is 595. The molecule has 0 aliphatic carbocycles. The lowest BCUT2D eigenvalue weighted by Gasteiger charge is -2.38. The number of hydrogen-bond acceptors (Lipinski definition) is 3. The zero-order valence-electron chi connectivity index (χ0n) is 15.1. The van der Waals surface area contributed by atoms with Crippen molar-refractivity contribution < 1.29 is 9.59 Å². The van der Waals surface area contributed by atoms with Gasteiger partial charge in [-0.05, 0) is 37.7 Å². The molecule has 2 rings (SSSR count). The van der Waals surface area contributed by atoms with Gasteiger partial charge in [-0.1, -0.05) is 20.8 Å². The second kappa shape index (κ2) is 6.34. The van der Waals surface area contributed by atoms with Crippen molar-refractivity contribution in [2.24, 2.45) is 12.5 Å². The summed E-state index contributed by atoms with van der Waals surface area (Å²) < 4.78 is 1.87.